The molecule has 1 aliphatic carbocycles. The zero-order valence-corrected chi connectivity index (χ0v) is 12.9. The summed E-state index contributed by atoms with van der Waals surface area (Å²) in [5, 5.41) is 12.9. The van der Waals surface area contributed by atoms with Crippen molar-refractivity contribution >= 4 is 27.3 Å². The highest BCUT2D eigenvalue weighted by molar-refractivity contribution is 9.10. The predicted molar refractivity (Wildman–Crippen MR) is 82.5 cm³/mol. The molecule has 0 bridgehead atoms. The van der Waals surface area contributed by atoms with E-state index in [1.807, 2.05) is 17.5 Å². The highest BCUT2D eigenvalue weighted by Crippen LogP contribution is 2.49. The molecule has 0 amide bonds. The molecular weight excluding hydrogens is 322 g/mol. The SMILES string of the molecule is NCC1(C(O)c2sccc2Br)CCc2ccccc21. The standard InChI is InChI=1S/C15H16BrNOS/c16-12-6-8-19-13(12)14(18)15(9-17)7-5-10-3-1-2-4-11(10)15/h1-4,6,8,14,18H,5,7,9,17H2. The van der Waals surface area contributed by atoms with Gasteiger partial charge in [0.25, 0.3) is 0 Å². The van der Waals surface area contributed by atoms with Crippen molar-refractivity contribution in [3.8, 4) is 0 Å². The summed E-state index contributed by atoms with van der Waals surface area (Å²) in [7, 11) is 0. The third kappa shape index (κ3) is 1.98. The van der Waals surface area contributed by atoms with Gasteiger partial charge in [0.1, 0.15) is 6.10 Å². The first-order chi connectivity index (χ1) is 9.19. The molecule has 4 heteroatoms. The number of aliphatic hydroxyl groups is 1. The number of fused-ring (bicyclic) bond motifs is 1. The van der Waals surface area contributed by atoms with Crippen molar-refractivity contribution < 1.29 is 5.11 Å². The molecule has 2 aromatic rings. The van der Waals surface area contributed by atoms with E-state index in [0.717, 1.165) is 22.2 Å². The van der Waals surface area contributed by atoms with E-state index in [1.54, 1.807) is 11.3 Å². The van der Waals surface area contributed by atoms with Gasteiger partial charge in [-0.3, -0.25) is 0 Å². The summed E-state index contributed by atoms with van der Waals surface area (Å²) in [6.07, 6.45) is 1.36. The van der Waals surface area contributed by atoms with Gasteiger partial charge in [-0.1, -0.05) is 24.3 Å². The van der Waals surface area contributed by atoms with Gasteiger partial charge in [-0.05, 0) is 51.3 Å². The van der Waals surface area contributed by atoms with Crippen LogP contribution in [0.1, 0.15) is 28.5 Å². The Bertz CT molecular complexity index is 597. The Morgan fingerprint density at radius 3 is 2.84 bits per heavy atom. The molecule has 0 fully saturated rings. The summed E-state index contributed by atoms with van der Waals surface area (Å²) in [4.78, 5) is 0.974. The molecule has 0 saturated carbocycles. The van der Waals surface area contributed by atoms with Crippen LogP contribution < -0.4 is 5.73 Å². The minimum atomic E-state index is -0.546. The third-order valence-electron chi connectivity index (χ3n) is 4.18. The molecule has 3 N–H and O–H groups in total. The summed E-state index contributed by atoms with van der Waals surface area (Å²) in [5.41, 5.74) is 8.26. The second-order valence-electron chi connectivity index (χ2n) is 5.05. The lowest BCUT2D eigenvalue weighted by Gasteiger charge is -2.34. The summed E-state index contributed by atoms with van der Waals surface area (Å²) in [6.45, 7) is 0.468. The number of aryl methyl sites for hydroxylation is 1. The fourth-order valence-corrected chi connectivity index (χ4v) is 4.77. The van der Waals surface area contributed by atoms with Gasteiger partial charge in [-0.25, -0.2) is 0 Å². The lowest BCUT2D eigenvalue weighted by Crippen LogP contribution is -2.39. The summed E-state index contributed by atoms with van der Waals surface area (Å²) < 4.78 is 0.974. The first-order valence-corrected chi connectivity index (χ1v) is 8.06. The average molecular weight is 338 g/mol. The van der Waals surface area contributed by atoms with Crippen molar-refractivity contribution in [3.05, 3.63) is 56.2 Å². The number of benzene rings is 1. The van der Waals surface area contributed by atoms with Gasteiger partial charge in [-0.15, -0.1) is 11.3 Å². The van der Waals surface area contributed by atoms with Crippen molar-refractivity contribution in [2.75, 3.05) is 6.54 Å². The minimum Gasteiger partial charge on any atom is -0.387 e. The molecule has 1 heterocycles. The molecule has 1 aromatic heterocycles. The van der Waals surface area contributed by atoms with Crippen LogP contribution in [0.25, 0.3) is 0 Å². The number of hydrogen-bond acceptors (Lipinski definition) is 3. The second-order valence-corrected chi connectivity index (χ2v) is 6.85. The minimum absolute atomic E-state index is 0.343. The lowest BCUT2D eigenvalue weighted by atomic mass is 9.76. The van der Waals surface area contributed by atoms with E-state index in [0.29, 0.717) is 6.54 Å². The highest BCUT2D eigenvalue weighted by Gasteiger charge is 2.45. The highest BCUT2D eigenvalue weighted by atomic mass is 79.9. The predicted octanol–water partition coefficient (Wildman–Crippen LogP) is 3.39. The quantitative estimate of drug-likeness (QED) is 0.901. The zero-order chi connectivity index (χ0) is 13.5. The van der Waals surface area contributed by atoms with Crippen molar-refractivity contribution in [2.24, 2.45) is 5.73 Å². The zero-order valence-electron chi connectivity index (χ0n) is 10.5. The maximum absolute atomic E-state index is 10.9. The molecule has 1 aliphatic rings. The van der Waals surface area contributed by atoms with Crippen molar-refractivity contribution in [1.29, 1.82) is 0 Å². The Kier molecular flexibility index (Phi) is 3.52. The number of thiophene rings is 1. The van der Waals surface area contributed by atoms with Gasteiger partial charge in [0.2, 0.25) is 0 Å². The Morgan fingerprint density at radius 2 is 2.16 bits per heavy atom. The third-order valence-corrected chi connectivity index (χ3v) is 6.10. The normalized spacial score (nSPS) is 23.3. The van der Waals surface area contributed by atoms with Gasteiger partial charge in [-0.2, -0.15) is 0 Å². The van der Waals surface area contributed by atoms with Crippen LogP contribution in [0.3, 0.4) is 0 Å². The van der Waals surface area contributed by atoms with E-state index < -0.39 is 6.10 Å². The molecule has 1 aromatic carbocycles. The fraction of sp³-hybridized carbons (Fsp3) is 0.333. The van der Waals surface area contributed by atoms with Crippen LogP contribution in [0.2, 0.25) is 0 Å². The van der Waals surface area contributed by atoms with Crippen LogP contribution in [-0.2, 0) is 11.8 Å². The second kappa shape index (κ2) is 5.02. The number of rotatable bonds is 3. The molecule has 2 unspecified atom stereocenters. The molecule has 0 saturated heterocycles. The van der Waals surface area contributed by atoms with Gasteiger partial charge >= 0.3 is 0 Å². The number of halogens is 1. The lowest BCUT2D eigenvalue weighted by molar-refractivity contribution is 0.0867. The Balaban J connectivity index is 2.09. The molecule has 2 nitrogen and oxygen atoms in total. The Hall–Kier alpha value is -0.680. The molecule has 19 heavy (non-hydrogen) atoms. The molecule has 3 rings (SSSR count). The molecule has 0 radical (unpaired) electrons. The van der Waals surface area contributed by atoms with Crippen LogP contribution in [0, 0.1) is 0 Å². The van der Waals surface area contributed by atoms with Crippen LogP contribution in [-0.4, -0.2) is 11.7 Å². The maximum atomic E-state index is 10.9. The molecular formula is C15H16BrNOS. The Morgan fingerprint density at radius 1 is 1.37 bits per heavy atom. The maximum Gasteiger partial charge on any atom is 0.100 e. The van der Waals surface area contributed by atoms with E-state index in [4.69, 9.17) is 5.73 Å². The largest absolute Gasteiger partial charge is 0.387 e. The number of aliphatic hydroxyl groups excluding tert-OH is 1. The van der Waals surface area contributed by atoms with Crippen molar-refractivity contribution in [2.45, 2.75) is 24.4 Å². The van der Waals surface area contributed by atoms with Gasteiger partial charge in [0, 0.05) is 21.3 Å². The van der Waals surface area contributed by atoms with Gasteiger partial charge < -0.3 is 10.8 Å². The smallest absolute Gasteiger partial charge is 0.100 e. The molecule has 100 valence electrons. The topological polar surface area (TPSA) is 46.2 Å². The van der Waals surface area contributed by atoms with Crippen LogP contribution in [0.5, 0.6) is 0 Å². The van der Waals surface area contributed by atoms with Gasteiger partial charge in [0.15, 0.2) is 0 Å². The molecule has 2 atom stereocenters. The van der Waals surface area contributed by atoms with Crippen LogP contribution in [0.15, 0.2) is 40.2 Å². The van der Waals surface area contributed by atoms with Gasteiger partial charge in [0.05, 0.1) is 0 Å². The van der Waals surface area contributed by atoms with E-state index in [9.17, 15) is 5.11 Å². The van der Waals surface area contributed by atoms with E-state index in [-0.39, 0.29) is 5.41 Å². The first-order valence-electron chi connectivity index (χ1n) is 6.38. The fourth-order valence-electron chi connectivity index (χ4n) is 3.08. The Labute approximate surface area is 125 Å². The number of hydrogen-bond donors (Lipinski definition) is 2. The van der Waals surface area contributed by atoms with Crippen LogP contribution >= 0.6 is 27.3 Å². The van der Waals surface area contributed by atoms with Crippen molar-refractivity contribution in [3.63, 3.8) is 0 Å². The summed E-state index contributed by atoms with van der Waals surface area (Å²) in [5.74, 6) is 0. The van der Waals surface area contributed by atoms with E-state index in [1.165, 1.54) is 11.1 Å². The van der Waals surface area contributed by atoms with E-state index >= 15 is 0 Å². The van der Waals surface area contributed by atoms with Crippen LogP contribution in [0.4, 0.5) is 0 Å². The average Bonchev–Trinajstić information content (AvgIpc) is 3.02. The van der Waals surface area contributed by atoms with Crippen molar-refractivity contribution in [1.82, 2.24) is 0 Å². The monoisotopic (exact) mass is 337 g/mol. The molecule has 0 spiro atoms. The number of nitrogens with two attached hydrogens (primary N) is 1. The summed E-state index contributed by atoms with van der Waals surface area (Å²) >= 11 is 5.10. The molecule has 0 aliphatic heterocycles. The van der Waals surface area contributed by atoms with E-state index in [2.05, 4.69) is 34.1 Å². The summed E-state index contributed by atoms with van der Waals surface area (Å²) in [6, 6.07) is 10.3. The first kappa shape index (κ1) is 13.3.